The Morgan fingerprint density at radius 1 is 1.05 bits per heavy atom. The standard InChI is InChI=1S/C14H12N2O2S/c15-13(19)11-8-4-5-9-12(11)16-14(17)18-10-6-2-1-3-7-10/h1-9H,(H2,15,19)(H,16,17). The van der Waals surface area contributed by atoms with Gasteiger partial charge in [0.15, 0.2) is 0 Å². The van der Waals surface area contributed by atoms with E-state index in [2.05, 4.69) is 5.32 Å². The van der Waals surface area contributed by atoms with Gasteiger partial charge < -0.3 is 10.5 Å². The summed E-state index contributed by atoms with van der Waals surface area (Å²) >= 11 is 4.92. The Morgan fingerprint density at radius 3 is 2.37 bits per heavy atom. The molecule has 19 heavy (non-hydrogen) atoms. The number of hydrogen-bond acceptors (Lipinski definition) is 3. The van der Waals surface area contributed by atoms with E-state index in [1.54, 1.807) is 48.5 Å². The largest absolute Gasteiger partial charge is 0.417 e. The lowest BCUT2D eigenvalue weighted by Crippen LogP contribution is -2.20. The summed E-state index contributed by atoms with van der Waals surface area (Å²) in [6.45, 7) is 0. The van der Waals surface area contributed by atoms with Crippen molar-refractivity contribution in [2.24, 2.45) is 5.73 Å². The third kappa shape index (κ3) is 3.53. The van der Waals surface area contributed by atoms with Gasteiger partial charge in [0, 0.05) is 5.56 Å². The maximum atomic E-state index is 11.7. The molecule has 1 amide bonds. The maximum absolute atomic E-state index is 11.7. The number of benzene rings is 2. The Hall–Kier alpha value is -2.40. The van der Waals surface area contributed by atoms with E-state index in [1.165, 1.54) is 0 Å². The normalized spacial score (nSPS) is 9.68. The summed E-state index contributed by atoms with van der Waals surface area (Å²) in [5, 5.41) is 2.61. The summed E-state index contributed by atoms with van der Waals surface area (Å²) in [4.78, 5) is 12.0. The molecule has 0 aliphatic carbocycles. The van der Waals surface area contributed by atoms with E-state index >= 15 is 0 Å². The van der Waals surface area contributed by atoms with E-state index < -0.39 is 6.09 Å². The predicted octanol–water partition coefficient (Wildman–Crippen LogP) is 2.93. The topological polar surface area (TPSA) is 64.3 Å². The molecule has 0 radical (unpaired) electrons. The van der Waals surface area contributed by atoms with Crippen molar-refractivity contribution in [1.82, 2.24) is 0 Å². The summed E-state index contributed by atoms with van der Waals surface area (Å²) in [6, 6.07) is 15.8. The molecule has 4 nitrogen and oxygen atoms in total. The van der Waals surface area contributed by atoms with Crippen molar-refractivity contribution in [2.45, 2.75) is 0 Å². The molecule has 3 N–H and O–H groups in total. The van der Waals surface area contributed by atoms with Crippen LogP contribution in [0.25, 0.3) is 0 Å². The van der Waals surface area contributed by atoms with E-state index in [-0.39, 0.29) is 4.99 Å². The number of ether oxygens (including phenoxy) is 1. The molecule has 5 heteroatoms. The highest BCUT2D eigenvalue weighted by Gasteiger charge is 2.09. The van der Waals surface area contributed by atoms with Crippen molar-refractivity contribution in [3.05, 3.63) is 60.2 Å². The van der Waals surface area contributed by atoms with Gasteiger partial charge in [-0.05, 0) is 24.3 Å². The first-order chi connectivity index (χ1) is 9.16. The van der Waals surface area contributed by atoms with E-state index in [0.717, 1.165) is 0 Å². The number of rotatable bonds is 3. The quantitative estimate of drug-likeness (QED) is 0.843. The number of carbonyl (C=O) groups is 1. The van der Waals surface area contributed by atoms with Crippen LogP contribution in [0.15, 0.2) is 54.6 Å². The molecular formula is C14H12N2O2S. The molecule has 0 aliphatic rings. The van der Waals surface area contributed by atoms with Crippen LogP contribution in [0, 0.1) is 0 Å². The van der Waals surface area contributed by atoms with Crippen molar-refractivity contribution < 1.29 is 9.53 Å². The van der Waals surface area contributed by atoms with E-state index in [4.69, 9.17) is 22.7 Å². The predicted molar refractivity (Wildman–Crippen MR) is 78.4 cm³/mol. The second kappa shape index (κ2) is 5.97. The SMILES string of the molecule is NC(=S)c1ccccc1NC(=O)Oc1ccccc1. The van der Waals surface area contributed by atoms with Crippen LogP contribution in [-0.2, 0) is 0 Å². The van der Waals surface area contributed by atoms with Gasteiger partial charge in [-0.1, -0.05) is 42.5 Å². The molecule has 96 valence electrons. The lowest BCUT2D eigenvalue weighted by Gasteiger charge is -2.10. The van der Waals surface area contributed by atoms with Crippen molar-refractivity contribution in [2.75, 3.05) is 5.32 Å². The highest BCUT2D eigenvalue weighted by atomic mass is 32.1. The fourth-order valence-corrected chi connectivity index (χ4v) is 1.72. The van der Waals surface area contributed by atoms with Gasteiger partial charge in [-0.25, -0.2) is 4.79 Å². The number of anilines is 1. The number of thiocarbonyl (C=S) groups is 1. The Kier molecular flexibility index (Phi) is 4.10. The number of amides is 1. The van der Waals surface area contributed by atoms with Crippen LogP contribution in [0.1, 0.15) is 5.56 Å². The second-order valence-electron chi connectivity index (χ2n) is 3.74. The maximum Gasteiger partial charge on any atom is 0.417 e. The Balaban J connectivity index is 2.09. The van der Waals surface area contributed by atoms with Gasteiger partial charge in [-0.15, -0.1) is 0 Å². The van der Waals surface area contributed by atoms with Crippen LogP contribution >= 0.6 is 12.2 Å². The Bertz CT molecular complexity index is 599. The molecule has 0 saturated carbocycles. The number of carbonyl (C=O) groups excluding carboxylic acids is 1. The number of hydrogen-bond donors (Lipinski definition) is 2. The second-order valence-corrected chi connectivity index (χ2v) is 4.18. The first kappa shape index (κ1) is 13.0. The fraction of sp³-hybridized carbons (Fsp3) is 0. The number of nitrogens with two attached hydrogens (primary N) is 1. The zero-order chi connectivity index (χ0) is 13.7. The van der Waals surface area contributed by atoms with Gasteiger partial charge in [-0.2, -0.15) is 0 Å². The molecule has 0 unspecified atom stereocenters. The molecule has 0 saturated heterocycles. The van der Waals surface area contributed by atoms with Gasteiger partial charge in [0.25, 0.3) is 0 Å². The van der Waals surface area contributed by atoms with Crippen LogP contribution in [0.4, 0.5) is 10.5 Å². The summed E-state index contributed by atoms with van der Waals surface area (Å²) in [6.07, 6.45) is -0.588. The third-order valence-electron chi connectivity index (χ3n) is 2.38. The molecule has 2 rings (SSSR count). The number of nitrogens with one attached hydrogen (secondary N) is 1. The Morgan fingerprint density at radius 2 is 1.68 bits per heavy atom. The number of para-hydroxylation sites is 2. The molecule has 0 fully saturated rings. The van der Waals surface area contributed by atoms with Crippen LogP contribution in [-0.4, -0.2) is 11.1 Å². The summed E-state index contributed by atoms with van der Waals surface area (Å²) in [7, 11) is 0. The van der Waals surface area contributed by atoms with Gasteiger partial charge in [0.2, 0.25) is 0 Å². The van der Waals surface area contributed by atoms with E-state index in [9.17, 15) is 4.79 Å². The van der Waals surface area contributed by atoms with Crippen molar-refractivity contribution in [3.8, 4) is 5.75 Å². The molecule has 0 heterocycles. The minimum absolute atomic E-state index is 0.218. The monoisotopic (exact) mass is 272 g/mol. The lowest BCUT2D eigenvalue weighted by molar-refractivity contribution is 0.215. The average molecular weight is 272 g/mol. The smallest absolute Gasteiger partial charge is 0.410 e. The molecule has 2 aromatic rings. The van der Waals surface area contributed by atoms with E-state index in [0.29, 0.717) is 17.0 Å². The zero-order valence-electron chi connectivity index (χ0n) is 10.00. The summed E-state index contributed by atoms with van der Waals surface area (Å²) in [5.74, 6) is 0.466. The van der Waals surface area contributed by atoms with Crippen LogP contribution in [0.3, 0.4) is 0 Å². The first-order valence-corrected chi connectivity index (χ1v) is 6.00. The van der Waals surface area contributed by atoms with Gasteiger partial charge in [0.1, 0.15) is 10.7 Å². The minimum Gasteiger partial charge on any atom is -0.410 e. The molecule has 0 spiro atoms. The van der Waals surface area contributed by atoms with Gasteiger partial charge in [-0.3, -0.25) is 5.32 Å². The van der Waals surface area contributed by atoms with Crippen molar-refractivity contribution >= 4 is 29.0 Å². The summed E-state index contributed by atoms with van der Waals surface area (Å²) in [5.41, 5.74) is 6.71. The highest BCUT2D eigenvalue weighted by Crippen LogP contribution is 2.16. The van der Waals surface area contributed by atoms with Crippen molar-refractivity contribution in [1.29, 1.82) is 0 Å². The molecular weight excluding hydrogens is 260 g/mol. The lowest BCUT2D eigenvalue weighted by atomic mass is 10.2. The molecule has 0 aromatic heterocycles. The first-order valence-electron chi connectivity index (χ1n) is 5.59. The van der Waals surface area contributed by atoms with E-state index in [1.807, 2.05) is 6.07 Å². The average Bonchev–Trinajstić information content (AvgIpc) is 2.40. The zero-order valence-corrected chi connectivity index (χ0v) is 10.8. The molecule has 0 bridgehead atoms. The molecule has 2 aromatic carbocycles. The third-order valence-corrected chi connectivity index (χ3v) is 2.60. The van der Waals surface area contributed by atoms with Gasteiger partial charge >= 0.3 is 6.09 Å². The Labute approximate surface area is 116 Å². The van der Waals surface area contributed by atoms with Gasteiger partial charge in [0.05, 0.1) is 5.69 Å². The highest BCUT2D eigenvalue weighted by molar-refractivity contribution is 7.80. The van der Waals surface area contributed by atoms with Crippen LogP contribution in [0.5, 0.6) is 5.75 Å². The van der Waals surface area contributed by atoms with Crippen LogP contribution in [0.2, 0.25) is 0 Å². The van der Waals surface area contributed by atoms with Crippen molar-refractivity contribution in [3.63, 3.8) is 0 Å². The molecule has 0 aliphatic heterocycles. The summed E-state index contributed by atoms with van der Waals surface area (Å²) < 4.78 is 5.12. The minimum atomic E-state index is -0.588. The molecule has 0 atom stereocenters. The van der Waals surface area contributed by atoms with Crippen LogP contribution < -0.4 is 15.8 Å². The fourth-order valence-electron chi connectivity index (χ4n) is 1.54.